The van der Waals surface area contributed by atoms with Crippen molar-refractivity contribution in [2.24, 2.45) is 0 Å². The predicted octanol–water partition coefficient (Wildman–Crippen LogP) is 2.54. The molecule has 0 aliphatic carbocycles. The molecule has 0 bridgehead atoms. The van der Waals surface area contributed by atoms with E-state index in [4.69, 9.17) is 0 Å². The van der Waals surface area contributed by atoms with Crippen molar-refractivity contribution in [3.05, 3.63) is 84.2 Å². The molecule has 27 heavy (non-hydrogen) atoms. The fourth-order valence-corrected chi connectivity index (χ4v) is 2.77. The van der Waals surface area contributed by atoms with Crippen molar-refractivity contribution >= 4 is 29.6 Å². The third-order valence-corrected chi connectivity index (χ3v) is 4.05. The molecule has 4 amide bonds. The average molecular weight is 358 g/mol. The number of urea groups is 1. The summed E-state index contributed by atoms with van der Waals surface area (Å²) in [4.78, 5) is 38.0. The number of benzene rings is 2. The van der Waals surface area contributed by atoms with Crippen molar-refractivity contribution in [1.82, 2.24) is 15.1 Å². The number of hydrogen-bond acceptors (Lipinski definition) is 4. The van der Waals surface area contributed by atoms with E-state index in [1.807, 2.05) is 30.3 Å². The largest absolute Gasteiger partial charge is 0.335 e. The molecule has 0 atom stereocenters. The van der Waals surface area contributed by atoms with Crippen molar-refractivity contribution in [1.29, 1.82) is 0 Å². The highest BCUT2D eigenvalue weighted by atomic mass is 16.2. The van der Waals surface area contributed by atoms with Crippen LogP contribution in [0.1, 0.15) is 5.56 Å². The van der Waals surface area contributed by atoms with Crippen molar-refractivity contribution in [2.75, 3.05) is 4.90 Å². The predicted molar refractivity (Wildman–Crippen MR) is 99.0 cm³/mol. The molecule has 1 saturated heterocycles. The first-order valence-corrected chi connectivity index (χ1v) is 8.20. The van der Waals surface area contributed by atoms with Gasteiger partial charge < -0.3 is 0 Å². The summed E-state index contributed by atoms with van der Waals surface area (Å²) in [5.74, 6) is -1.41. The zero-order chi connectivity index (χ0) is 18.8. The fraction of sp³-hybridized carbons (Fsp3) is 0. The first-order chi connectivity index (χ1) is 13.1. The van der Waals surface area contributed by atoms with Crippen LogP contribution in [0.5, 0.6) is 0 Å². The molecule has 1 N–H and O–H groups in total. The number of nitrogens with one attached hydrogen (secondary N) is 1. The van der Waals surface area contributed by atoms with Crippen molar-refractivity contribution in [3.63, 3.8) is 0 Å². The maximum atomic E-state index is 12.8. The van der Waals surface area contributed by atoms with Crippen LogP contribution in [0.3, 0.4) is 0 Å². The molecule has 2 aromatic carbocycles. The molecule has 1 aliphatic rings. The SMILES string of the molecule is O=C1NC(=O)N(c2ccccc2)C(=O)/C1=C/c1cnn(-c2ccccc2)c1. The van der Waals surface area contributed by atoms with Gasteiger partial charge in [0.15, 0.2) is 0 Å². The smallest absolute Gasteiger partial charge is 0.273 e. The van der Waals surface area contributed by atoms with Gasteiger partial charge in [0, 0.05) is 11.8 Å². The van der Waals surface area contributed by atoms with Gasteiger partial charge in [-0.2, -0.15) is 5.10 Å². The highest BCUT2D eigenvalue weighted by Gasteiger charge is 2.36. The molecule has 0 saturated carbocycles. The molecule has 0 spiro atoms. The molecule has 7 nitrogen and oxygen atoms in total. The number of imide groups is 2. The Balaban J connectivity index is 1.68. The van der Waals surface area contributed by atoms with Crippen LogP contribution in [0.2, 0.25) is 0 Å². The molecule has 3 aromatic rings. The van der Waals surface area contributed by atoms with Crippen molar-refractivity contribution < 1.29 is 14.4 Å². The van der Waals surface area contributed by atoms with Gasteiger partial charge in [0.1, 0.15) is 5.57 Å². The Bertz CT molecular complexity index is 1060. The van der Waals surface area contributed by atoms with Gasteiger partial charge >= 0.3 is 6.03 Å². The highest BCUT2D eigenvalue weighted by Crippen LogP contribution is 2.21. The summed E-state index contributed by atoms with van der Waals surface area (Å²) in [7, 11) is 0. The topological polar surface area (TPSA) is 84.3 Å². The Labute approximate surface area is 154 Å². The minimum Gasteiger partial charge on any atom is -0.273 e. The van der Waals surface area contributed by atoms with Crippen LogP contribution in [0, 0.1) is 0 Å². The zero-order valence-electron chi connectivity index (χ0n) is 14.1. The van der Waals surface area contributed by atoms with Gasteiger partial charge in [0.25, 0.3) is 11.8 Å². The molecule has 1 fully saturated rings. The number of hydrogen-bond donors (Lipinski definition) is 1. The molecule has 2 heterocycles. The Morgan fingerprint density at radius 1 is 0.852 bits per heavy atom. The monoisotopic (exact) mass is 358 g/mol. The van der Waals surface area contributed by atoms with Crippen molar-refractivity contribution in [3.8, 4) is 5.69 Å². The summed E-state index contributed by atoms with van der Waals surface area (Å²) in [6.07, 6.45) is 4.67. The van der Waals surface area contributed by atoms with Gasteiger partial charge in [0.2, 0.25) is 0 Å². The lowest BCUT2D eigenvalue weighted by molar-refractivity contribution is -0.122. The van der Waals surface area contributed by atoms with Gasteiger partial charge in [0.05, 0.1) is 17.6 Å². The van der Waals surface area contributed by atoms with Gasteiger partial charge in [-0.05, 0) is 30.3 Å². The average Bonchev–Trinajstić information content (AvgIpc) is 3.15. The van der Waals surface area contributed by atoms with E-state index >= 15 is 0 Å². The van der Waals surface area contributed by atoms with Gasteiger partial charge in [-0.25, -0.2) is 14.4 Å². The number of para-hydroxylation sites is 2. The van der Waals surface area contributed by atoms with Crippen LogP contribution >= 0.6 is 0 Å². The number of carbonyl (C=O) groups excluding carboxylic acids is 3. The number of rotatable bonds is 3. The molecule has 132 valence electrons. The van der Waals surface area contributed by atoms with Crippen LogP contribution in [-0.2, 0) is 9.59 Å². The van der Waals surface area contributed by atoms with E-state index in [0.29, 0.717) is 11.3 Å². The van der Waals surface area contributed by atoms with E-state index in [1.165, 1.54) is 6.08 Å². The van der Waals surface area contributed by atoms with Gasteiger partial charge in [-0.15, -0.1) is 0 Å². The van der Waals surface area contributed by atoms with Crippen LogP contribution in [0.25, 0.3) is 11.8 Å². The summed E-state index contributed by atoms with van der Waals surface area (Å²) in [5.41, 5.74) is 1.67. The van der Waals surface area contributed by atoms with E-state index in [2.05, 4.69) is 10.4 Å². The second-order valence-corrected chi connectivity index (χ2v) is 5.85. The lowest BCUT2D eigenvalue weighted by atomic mass is 10.1. The molecule has 1 aliphatic heterocycles. The third kappa shape index (κ3) is 3.13. The molecule has 0 unspecified atom stereocenters. The normalized spacial score (nSPS) is 15.9. The van der Waals surface area contributed by atoms with Crippen LogP contribution in [0.4, 0.5) is 10.5 Å². The number of nitrogens with zero attached hydrogens (tertiary/aromatic N) is 3. The molecule has 0 radical (unpaired) electrons. The highest BCUT2D eigenvalue weighted by molar-refractivity contribution is 6.39. The maximum absolute atomic E-state index is 12.8. The van der Waals surface area contributed by atoms with Gasteiger partial charge in [-0.3, -0.25) is 14.9 Å². The lowest BCUT2D eigenvalue weighted by Gasteiger charge is -2.26. The minimum atomic E-state index is -0.770. The Morgan fingerprint density at radius 2 is 1.48 bits per heavy atom. The summed E-state index contributed by atoms with van der Waals surface area (Å²) >= 11 is 0. The summed E-state index contributed by atoms with van der Waals surface area (Å²) < 4.78 is 1.64. The molecule has 4 rings (SSSR count). The minimum absolute atomic E-state index is 0.133. The van der Waals surface area contributed by atoms with E-state index in [0.717, 1.165) is 10.6 Å². The van der Waals surface area contributed by atoms with Crippen molar-refractivity contribution in [2.45, 2.75) is 0 Å². The Kier molecular flexibility index (Phi) is 4.10. The molecular weight excluding hydrogens is 344 g/mol. The zero-order valence-corrected chi connectivity index (χ0v) is 14.1. The lowest BCUT2D eigenvalue weighted by Crippen LogP contribution is -2.54. The van der Waals surface area contributed by atoms with E-state index < -0.39 is 17.8 Å². The standard InChI is InChI=1S/C20H14N4O3/c25-18-17(11-14-12-21-23(13-14)15-7-3-1-4-8-15)19(26)24(20(27)22-18)16-9-5-2-6-10-16/h1-13H,(H,22,25,27)/b17-11+. The fourth-order valence-electron chi connectivity index (χ4n) is 2.77. The third-order valence-electron chi connectivity index (χ3n) is 4.05. The Hall–Kier alpha value is -4.00. The van der Waals surface area contributed by atoms with Crippen LogP contribution < -0.4 is 10.2 Å². The number of carbonyl (C=O) groups is 3. The summed E-state index contributed by atoms with van der Waals surface area (Å²) in [6.45, 7) is 0. The number of aromatic nitrogens is 2. The van der Waals surface area contributed by atoms with E-state index in [9.17, 15) is 14.4 Å². The second-order valence-electron chi connectivity index (χ2n) is 5.85. The van der Waals surface area contributed by atoms with E-state index in [1.54, 1.807) is 47.4 Å². The first-order valence-electron chi connectivity index (χ1n) is 8.20. The molecule has 1 aromatic heterocycles. The summed E-state index contributed by atoms with van der Waals surface area (Å²) in [6, 6.07) is 17.1. The number of anilines is 1. The molecular formula is C20H14N4O3. The quantitative estimate of drug-likeness (QED) is 0.576. The number of amides is 4. The number of barbiturate groups is 1. The van der Waals surface area contributed by atoms with Crippen LogP contribution in [-0.4, -0.2) is 27.6 Å². The molecule has 7 heteroatoms. The van der Waals surface area contributed by atoms with Crippen LogP contribution in [0.15, 0.2) is 78.6 Å². The Morgan fingerprint density at radius 3 is 2.15 bits per heavy atom. The second kappa shape index (κ2) is 6.72. The summed E-state index contributed by atoms with van der Waals surface area (Å²) in [5, 5.41) is 6.44. The van der Waals surface area contributed by atoms with Gasteiger partial charge in [-0.1, -0.05) is 36.4 Å². The first kappa shape index (κ1) is 16.5. The van der Waals surface area contributed by atoms with E-state index in [-0.39, 0.29) is 5.57 Å². The maximum Gasteiger partial charge on any atom is 0.335 e.